The van der Waals surface area contributed by atoms with Gasteiger partial charge < -0.3 is 9.47 Å². The molecular formula is C52H44O4Si2. The van der Waals surface area contributed by atoms with Crippen molar-refractivity contribution in [1.29, 1.82) is 0 Å². The van der Waals surface area contributed by atoms with Crippen molar-refractivity contribution in [2.75, 3.05) is 13.2 Å². The summed E-state index contributed by atoms with van der Waals surface area (Å²) in [5, 5.41) is 3.55. The molecule has 1 aliphatic rings. The fraction of sp³-hybridized carbons (Fsp3) is 0.154. The summed E-state index contributed by atoms with van der Waals surface area (Å²) in [5.41, 5.74) is 12.4. The lowest BCUT2D eigenvalue weighted by molar-refractivity contribution is -0.136. The number of carbonyl (C=O) groups excluding carboxylic acids is 2. The third-order valence-electron chi connectivity index (χ3n) is 10.5. The van der Waals surface area contributed by atoms with Crippen molar-refractivity contribution in [3.63, 3.8) is 0 Å². The van der Waals surface area contributed by atoms with E-state index in [1.165, 1.54) is 5.19 Å². The molecule has 6 heteroatoms. The molecular weight excluding hydrogens is 745 g/mol. The average molecular weight is 789 g/mol. The Balaban J connectivity index is 1.62. The van der Waals surface area contributed by atoms with Crippen LogP contribution in [0, 0.1) is 35.1 Å². The summed E-state index contributed by atoms with van der Waals surface area (Å²) in [6.07, 6.45) is 0. The van der Waals surface area contributed by atoms with E-state index in [1.807, 2.05) is 85.8 Å². The van der Waals surface area contributed by atoms with Gasteiger partial charge in [0.1, 0.15) is 8.07 Å². The van der Waals surface area contributed by atoms with Gasteiger partial charge in [0.25, 0.3) is 0 Å². The Labute approximate surface area is 344 Å². The van der Waals surface area contributed by atoms with E-state index in [-0.39, 0.29) is 13.2 Å². The van der Waals surface area contributed by atoms with Crippen LogP contribution in [0.25, 0.3) is 33.4 Å². The summed E-state index contributed by atoms with van der Waals surface area (Å²) in [6.45, 7) is 13.2. The van der Waals surface area contributed by atoms with E-state index in [0.717, 1.165) is 49.3 Å². The lowest BCUT2D eigenvalue weighted by Gasteiger charge is -2.27. The van der Waals surface area contributed by atoms with Crippen LogP contribution < -0.4 is 15.6 Å². The van der Waals surface area contributed by atoms with E-state index in [0.29, 0.717) is 22.3 Å². The van der Waals surface area contributed by atoms with E-state index in [1.54, 1.807) is 6.92 Å². The number of fused-ring (bicyclic) bond motifs is 3. The van der Waals surface area contributed by atoms with Crippen LogP contribution in [0.4, 0.5) is 0 Å². The lowest BCUT2D eigenvalue weighted by Crippen LogP contribution is -2.50. The maximum Gasteiger partial charge on any atom is 0.384 e. The molecule has 6 aromatic carbocycles. The van der Waals surface area contributed by atoms with Crippen molar-refractivity contribution in [2.24, 2.45) is 0 Å². The number of esters is 2. The summed E-state index contributed by atoms with van der Waals surface area (Å²) >= 11 is 0. The fourth-order valence-electron chi connectivity index (χ4n) is 7.90. The van der Waals surface area contributed by atoms with Crippen molar-refractivity contribution >= 4 is 43.6 Å². The Morgan fingerprint density at radius 1 is 0.603 bits per heavy atom. The minimum Gasteiger partial charge on any atom is -0.462 e. The molecule has 0 N–H and O–H groups in total. The number of hydrogen-bond donors (Lipinski definition) is 0. The molecule has 0 aliphatic carbocycles. The minimum absolute atomic E-state index is 0.188. The maximum absolute atomic E-state index is 14.8. The summed E-state index contributed by atoms with van der Waals surface area (Å²) in [5.74, 6) is 15.5. The highest BCUT2D eigenvalue weighted by Crippen LogP contribution is 2.45. The normalized spacial score (nSPS) is 12.0. The van der Waals surface area contributed by atoms with Crippen molar-refractivity contribution in [3.8, 4) is 68.5 Å². The first-order valence-electron chi connectivity index (χ1n) is 19.6. The number of benzene rings is 6. The van der Waals surface area contributed by atoms with Gasteiger partial charge >= 0.3 is 11.9 Å². The second kappa shape index (κ2) is 16.8. The first-order chi connectivity index (χ1) is 28.1. The van der Waals surface area contributed by atoms with Crippen LogP contribution in [0.5, 0.6) is 0 Å². The Morgan fingerprint density at radius 2 is 1.21 bits per heavy atom. The molecule has 1 aliphatic heterocycles. The van der Waals surface area contributed by atoms with E-state index < -0.39 is 28.1 Å². The standard InChI is InChI=1S/C52H44O4Si2/c1-7-55-46(53)34-32-38-23-15-17-27-41(38)48-43(33-31-39-24-16-19-29-44(39)57(3,4)36-35-37-21-11-9-12-22-37)49-42-28-18-20-30-45(42)58(5,6)51(49)47(40-25-13-10-14-26-40)50(48)52(54)56-8-2/h9-30H,7-8H2,1-6H3. The average Bonchev–Trinajstić information content (AvgIpc) is 3.48. The molecule has 7 rings (SSSR count). The Morgan fingerprint density at radius 3 is 1.91 bits per heavy atom. The summed E-state index contributed by atoms with van der Waals surface area (Å²) in [4.78, 5) is 27.4. The third-order valence-corrected chi connectivity index (χ3v) is 16.6. The number of carbonyl (C=O) groups is 2. The van der Waals surface area contributed by atoms with Crippen molar-refractivity contribution < 1.29 is 19.1 Å². The zero-order valence-corrected chi connectivity index (χ0v) is 35.7. The second-order valence-corrected chi connectivity index (χ2v) is 23.4. The largest absolute Gasteiger partial charge is 0.462 e. The van der Waals surface area contributed by atoms with E-state index >= 15 is 0 Å². The topological polar surface area (TPSA) is 52.6 Å². The van der Waals surface area contributed by atoms with Gasteiger partial charge in [0.05, 0.1) is 18.8 Å². The molecule has 0 amide bonds. The Bertz CT molecular complexity index is 2750. The monoisotopic (exact) mass is 788 g/mol. The first-order valence-corrected chi connectivity index (χ1v) is 25.6. The van der Waals surface area contributed by atoms with Gasteiger partial charge in [-0.15, -0.1) is 5.54 Å². The van der Waals surface area contributed by atoms with Crippen molar-refractivity contribution in [2.45, 2.75) is 40.0 Å². The Kier molecular flexibility index (Phi) is 11.5. The second-order valence-electron chi connectivity index (χ2n) is 15.1. The van der Waals surface area contributed by atoms with Gasteiger partial charge in [0, 0.05) is 33.7 Å². The smallest absolute Gasteiger partial charge is 0.384 e. The van der Waals surface area contributed by atoms with Crippen molar-refractivity contribution in [3.05, 3.63) is 161 Å². The van der Waals surface area contributed by atoms with Gasteiger partial charge in [0.2, 0.25) is 0 Å². The molecule has 0 radical (unpaired) electrons. The highest BCUT2D eigenvalue weighted by molar-refractivity contribution is 7.04. The molecule has 58 heavy (non-hydrogen) atoms. The third kappa shape index (κ3) is 7.72. The van der Waals surface area contributed by atoms with Crippen LogP contribution in [-0.4, -0.2) is 41.3 Å². The molecule has 0 atom stereocenters. The zero-order chi connectivity index (χ0) is 40.9. The minimum atomic E-state index is -2.49. The van der Waals surface area contributed by atoms with E-state index in [4.69, 9.17) is 9.47 Å². The summed E-state index contributed by atoms with van der Waals surface area (Å²) in [6, 6.07) is 44.7. The molecule has 0 fully saturated rings. The molecule has 1 heterocycles. The molecule has 0 spiro atoms. The van der Waals surface area contributed by atoms with Crippen LogP contribution in [0.15, 0.2) is 133 Å². The number of hydrogen-bond acceptors (Lipinski definition) is 4. The maximum atomic E-state index is 14.8. The molecule has 0 unspecified atom stereocenters. The van der Waals surface area contributed by atoms with Crippen LogP contribution >= 0.6 is 0 Å². The molecule has 0 saturated carbocycles. The van der Waals surface area contributed by atoms with Crippen LogP contribution in [0.1, 0.15) is 46.5 Å². The molecule has 0 aromatic heterocycles. The lowest BCUT2D eigenvalue weighted by atomic mass is 9.82. The van der Waals surface area contributed by atoms with Gasteiger partial charge in [-0.1, -0.05) is 159 Å². The zero-order valence-electron chi connectivity index (χ0n) is 33.7. The highest BCUT2D eigenvalue weighted by atomic mass is 28.3. The SMILES string of the molecule is CCOC(=O)C#Cc1ccccc1-c1c(C#Cc2ccccc2[Si](C)(C)C#Cc2ccccc2)c2c(c(-c3ccccc3)c1C(=O)OCC)[Si](C)(C)c1ccccc1-2. The summed E-state index contributed by atoms with van der Waals surface area (Å²) in [7, 11) is -4.83. The van der Waals surface area contributed by atoms with Crippen LogP contribution in [0.3, 0.4) is 0 Å². The van der Waals surface area contributed by atoms with Gasteiger partial charge in [-0.25, -0.2) is 9.59 Å². The molecule has 0 saturated heterocycles. The predicted molar refractivity (Wildman–Crippen MR) is 242 cm³/mol. The molecule has 6 aromatic rings. The number of ether oxygens (including phenoxy) is 2. The molecule has 4 nitrogen and oxygen atoms in total. The van der Waals surface area contributed by atoms with E-state index in [9.17, 15) is 9.59 Å². The van der Waals surface area contributed by atoms with Gasteiger partial charge in [-0.3, -0.25) is 0 Å². The Hall–Kier alpha value is -6.63. The van der Waals surface area contributed by atoms with Crippen LogP contribution in [-0.2, 0) is 14.3 Å². The quantitative estimate of drug-likeness (QED) is 0.0963. The predicted octanol–water partition coefficient (Wildman–Crippen LogP) is 8.82. The number of rotatable bonds is 6. The van der Waals surface area contributed by atoms with Gasteiger partial charge in [0.15, 0.2) is 8.07 Å². The molecule has 0 bridgehead atoms. The van der Waals surface area contributed by atoms with Gasteiger partial charge in [-0.05, 0) is 81.5 Å². The fourth-order valence-corrected chi connectivity index (χ4v) is 13.3. The van der Waals surface area contributed by atoms with Crippen LogP contribution in [0.2, 0.25) is 26.2 Å². The first kappa shape index (κ1) is 39.6. The highest BCUT2D eigenvalue weighted by Gasteiger charge is 2.44. The molecule has 284 valence electrons. The van der Waals surface area contributed by atoms with E-state index in [2.05, 4.69) is 116 Å². The van der Waals surface area contributed by atoms with Gasteiger partial charge in [-0.2, -0.15) is 0 Å². The van der Waals surface area contributed by atoms with Crippen molar-refractivity contribution in [1.82, 2.24) is 0 Å². The summed E-state index contributed by atoms with van der Waals surface area (Å²) < 4.78 is 11.2.